The molecule has 0 amide bonds. The molecule has 2 unspecified atom stereocenters. The average Bonchev–Trinajstić information content (AvgIpc) is 2.25. The first-order chi connectivity index (χ1) is 7.94. The smallest absolute Gasteiger partial charge is 0.350 e. The lowest BCUT2D eigenvalue weighted by Crippen LogP contribution is -2.67. The highest BCUT2D eigenvalue weighted by molar-refractivity contribution is 7.86. The topological polar surface area (TPSA) is 101 Å². The van der Waals surface area contributed by atoms with Crippen molar-refractivity contribution in [3.8, 4) is 0 Å². The molecule has 0 aromatic rings. The van der Waals surface area contributed by atoms with Gasteiger partial charge in [0.2, 0.25) is 6.23 Å². The number of aliphatic hydroxyl groups is 1. The number of carbonyl (C=O) groups excluding carboxylic acids is 1. The van der Waals surface area contributed by atoms with Gasteiger partial charge in [-0.1, -0.05) is 13.5 Å². The molecule has 0 aliphatic heterocycles. The molecule has 0 aromatic heterocycles. The van der Waals surface area contributed by atoms with Crippen molar-refractivity contribution in [1.82, 2.24) is 0 Å². The molecule has 2 N–H and O–H groups in total. The molecular weight excluding hydrogens is 262 g/mol. The number of rotatable bonds is 6. The van der Waals surface area contributed by atoms with Crippen LogP contribution in [0.2, 0.25) is 0 Å². The Morgan fingerprint density at radius 3 is 2.28 bits per heavy atom. The van der Waals surface area contributed by atoms with E-state index >= 15 is 0 Å². The van der Waals surface area contributed by atoms with E-state index in [0.717, 1.165) is 6.08 Å². The molecular formula is C10H20NO6S+. The summed E-state index contributed by atoms with van der Waals surface area (Å²) in [5.74, 6) is -0.748. The maximum atomic E-state index is 11.3. The van der Waals surface area contributed by atoms with Gasteiger partial charge < -0.3 is 9.84 Å². The fourth-order valence-electron chi connectivity index (χ4n) is 1.52. The Bertz CT molecular complexity index is 430. The highest BCUT2D eigenvalue weighted by Gasteiger charge is 2.57. The third-order valence-corrected chi connectivity index (χ3v) is 4.72. The molecule has 0 heterocycles. The molecule has 0 spiro atoms. The van der Waals surface area contributed by atoms with Gasteiger partial charge in [0.25, 0.3) is 0 Å². The molecule has 2 atom stereocenters. The Balaban J connectivity index is 5.46. The van der Waals surface area contributed by atoms with Crippen LogP contribution in [0, 0.1) is 0 Å². The number of hydrogen-bond acceptors (Lipinski definition) is 5. The van der Waals surface area contributed by atoms with Gasteiger partial charge in [0.15, 0.2) is 0 Å². The summed E-state index contributed by atoms with van der Waals surface area (Å²) >= 11 is 0. The van der Waals surface area contributed by atoms with E-state index in [1.165, 1.54) is 27.9 Å². The minimum atomic E-state index is -4.75. The molecule has 0 aliphatic rings. The number of carbonyl (C=O) groups is 1. The van der Waals surface area contributed by atoms with Crippen molar-refractivity contribution in [2.75, 3.05) is 14.1 Å². The van der Waals surface area contributed by atoms with Crippen molar-refractivity contribution in [3.63, 3.8) is 0 Å². The van der Waals surface area contributed by atoms with Gasteiger partial charge in [-0.25, -0.2) is 4.79 Å². The van der Waals surface area contributed by atoms with Gasteiger partial charge in [-0.05, 0) is 0 Å². The molecule has 0 aromatic carbocycles. The van der Waals surface area contributed by atoms with Crippen LogP contribution in [0.5, 0.6) is 0 Å². The molecule has 0 radical (unpaired) electrons. The first-order valence-corrected chi connectivity index (χ1v) is 6.74. The lowest BCUT2D eigenvalue weighted by molar-refractivity contribution is -0.986. The molecule has 0 bridgehead atoms. The van der Waals surface area contributed by atoms with Crippen LogP contribution in [0.4, 0.5) is 0 Å². The summed E-state index contributed by atoms with van der Waals surface area (Å²) in [6, 6.07) is 0. The quantitative estimate of drug-likeness (QED) is 0.235. The Morgan fingerprint density at radius 2 is 2.00 bits per heavy atom. The Labute approximate surface area is 107 Å². The van der Waals surface area contributed by atoms with Crippen LogP contribution < -0.4 is 0 Å². The van der Waals surface area contributed by atoms with Crippen molar-refractivity contribution >= 4 is 16.1 Å². The first kappa shape index (κ1) is 17.0. The largest absolute Gasteiger partial charge is 0.409 e. The van der Waals surface area contributed by atoms with E-state index < -0.39 is 31.9 Å². The van der Waals surface area contributed by atoms with Crippen molar-refractivity contribution in [2.24, 2.45) is 0 Å². The van der Waals surface area contributed by atoms with Gasteiger partial charge in [-0.2, -0.15) is 8.42 Å². The van der Waals surface area contributed by atoms with Crippen LogP contribution in [-0.4, -0.2) is 53.9 Å². The van der Waals surface area contributed by atoms with Gasteiger partial charge in [-0.3, -0.25) is 9.04 Å². The Kier molecular flexibility index (Phi) is 5.07. The second-order valence-corrected chi connectivity index (χ2v) is 5.96. The maximum absolute atomic E-state index is 11.3. The molecule has 0 rings (SSSR count). The standard InChI is InChI=1S/C10H19NO6S/c1-6-9(12)17-8(3)11(4,5)10(13,7-2)18(14,15)16/h6,8,13H,1,7H2,2-5H3/p+1. The average molecular weight is 282 g/mol. The molecule has 18 heavy (non-hydrogen) atoms. The van der Waals surface area contributed by atoms with Gasteiger partial charge in [0.05, 0.1) is 14.1 Å². The molecule has 0 fully saturated rings. The van der Waals surface area contributed by atoms with Crippen molar-refractivity contribution in [1.29, 1.82) is 0 Å². The fourth-order valence-corrected chi connectivity index (χ4v) is 2.63. The first-order valence-electron chi connectivity index (χ1n) is 5.30. The van der Waals surface area contributed by atoms with Gasteiger partial charge in [-0.15, -0.1) is 0 Å². The lowest BCUT2D eigenvalue weighted by atomic mass is 10.3. The van der Waals surface area contributed by atoms with Crippen molar-refractivity contribution in [3.05, 3.63) is 12.7 Å². The molecule has 7 nitrogen and oxygen atoms in total. The van der Waals surface area contributed by atoms with Crippen LogP contribution in [-0.2, 0) is 19.6 Å². The number of esters is 1. The number of ether oxygens (including phenoxy) is 1. The normalized spacial score (nSPS) is 17.7. The third-order valence-electron chi connectivity index (χ3n) is 3.14. The summed E-state index contributed by atoms with van der Waals surface area (Å²) < 4.78 is 36.0. The highest BCUT2D eigenvalue weighted by atomic mass is 32.2. The summed E-state index contributed by atoms with van der Waals surface area (Å²) in [5.41, 5.74) is 0. The van der Waals surface area contributed by atoms with Crippen LogP contribution in [0.25, 0.3) is 0 Å². The zero-order chi connectivity index (χ0) is 14.8. The molecule has 0 saturated carbocycles. The minimum absolute atomic E-state index is 0.269. The third kappa shape index (κ3) is 2.89. The van der Waals surface area contributed by atoms with Crippen LogP contribution in [0.1, 0.15) is 20.3 Å². The van der Waals surface area contributed by atoms with Gasteiger partial charge in [0, 0.05) is 19.4 Å². The second-order valence-electron chi connectivity index (χ2n) is 4.35. The highest BCUT2D eigenvalue weighted by Crippen LogP contribution is 2.30. The fraction of sp³-hybridized carbons (Fsp3) is 0.700. The monoisotopic (exact) mass is 282 g/mol. The number of hydrogen-bond donors (Lipinski definition) is 2. The number of nitrogens with zero attached hydrogens (tertiary/aromatic N) is 1. The second kappa shape index (κ2) is 5.35. The van der Waals surface area contributed by atoms with E-state index in [9.17, 15) is 18.3 Å². The van der Waals surface area contributed by atoms with Gasteiger partial charge >= 0.3 is 21.1 Å². The van der Waals surface area contributed by atoms with Crippen LogP contribution in [0.3, 0.4) is 0 Å². The SMILES string of the molecule is C=CC(=O)OC(C)[N+](C)(C)C(O)(CC)S(=O)(=O)O. The summed E-state index contributed by atoms with van der Waals surface area (Å²) in [6.07, 6.45) is -0.341. The van der Waals surface area contributed by atoms with E-state index in [2.05, 4.69) is 6.58 Å². The molecule has 0 saturated heterocycles. The maximum Gasteiger partial charge on any atom is 0.350 e. The van der Waals surface area contributed by atoms with E-state index in [-0.39, 0.29) is 6.42 Å². The van der Waals surface area contributed by atoms with E-state index in [0.29, 0.717) is 0 Å². The zero-order valence-electron chi connectivity index (χ0n) is 11.0. The summed E-state index contributed by atoms with van der Waals surface area (Å²) in [5, 5.41) is 7.69. The predicted molar refractivity (Wildman–Crippen MR) is 64.6 cm³/mol. The Hall–Kier alpha value is -0.960. The molecule has 0 aliphatic carbocycles. The van der Waals surface area contributed by atoms with E-state index in [1.54, 1.807) is 0 Å². The Morgan fingerprint density at radius 1 is 1.56 bits per heavy atom. The molecule has 106 valence electrons. The van der Waals surface area contributed by atoms with Crippen LogP contribution in [0.15, 0.2) is 12.7 Å². The van der Waals surface area contributed by atoms with Gasteiger partial charge in [0.1, 0.15) is 0 Å². The summed E-state index contributed by atoms with van der Waals surface area (Å²) in [6.45, 7) is 6.02. The summed E-state index contributed by atoms with van der Waals surface area (Å²) in [4.78, 5) is 11.1. The number of quaternary nitrogens is 1. The summed E-state index contributed by atoms with van der Waals surface area (Å²) in [7, 11) is -2.09. The van der Waals surface area contributed by atoms with E-state index in [4.69, 9.17) is 9.29 Å². The zero-order valence-corrected chi connectivity index (χ0v) is 11.8. The van der Waals surface area contributed by atoms with Crippen molar-refractivity contribution < 1.29 is 32.1 Å². The van der Waals surface area contributed by atoms with Crippen molar-refractivity contribution in [2.45, 2.75) is 31.6 Å². The predicted octanol–water partition coefficient (Wildman–Crippen LogP) is 0.0819. The minimum Gasteiger partial charge on any atom is -0.409 e. The lowest BCUT2D eigenvalue weighted by Gasteiger charge is -2.44. The molecule has 8 heteroatoms. The van der Waals surface area contributed by atoms with Crippen LogP contribution >= 0.6 is 0 Å². The van der Waals surface area contributed by atoms with E-state index in [1.807, 2.05) is 0 Å².